The maximum absolute atomic E-state index is 13.2. The van der Waals surface area contributed by atoms with Crippen LogP contribution in [0.25, 0.3) is 0 Å². The van der Waals surface area contributed by atoms with E-state index in [0.29, 0.717) is 17.7 Å². The van der Waals surface area contributed by atoms with Gasteiger partial charge in [0.2, 0.25) is 10.0 Å². The van der Waals surface area contributed by atoms with E-state index in [-0.39, 0.29) is 17.5 Å². The first-order valence-corrected chi connectivity index (χ1v) is 10.2. The number of halogens is 6. The molecule has 10 heteroatoms. The Hall–Kier alpha value is -2.33. The Bertz CT molecular complexity index is 1050. The molecule has 3 nitrogen and oxygen atoms in total. The molecule has 0 N–H and O–H groups in total. The monoisotopic (exact) mass is 449 g/mol. The van der Waals surface area contributed by atoms with Crippen LogP contribution in [0.4, 0.5) is 26.3 Å². The van der Waals surface area contributed by atoms with Crippen LogP contribution >= 0.6 is 0 Å². The number of nitrogens with zero attached hydrogens (tertiary/aromatic N) is 1. The third-order valence-corrected chi connectivity index (χ3v) is 6.58. The zero-order chi connectivity index (χ0) is 22.5. The SMILES string of the molecule is CC1=CC(c2cc(C(F)(F)F)cc(C(F)(F)F)c2)N(S(=O)(=O)c2ccc(C)cc2)C1. The standard InChI is InChI=1S/C20H17F6NO2S/c1-12-3-5-17(6-4-12)30(28,29)27-11-13(2)7-18(27)14-8-15(19(21,22)23)10-16(9-14)20(24,25)26/h3-10,18H,11H2,1-2H3. The van der Waals surface area contributed by atoms with Crippen molar-refractivity contribution in [1.29, 1.82) is 0 Å². The first-order valence-electron chi connectivity index (χ1n) is 8.75. The smallest absolute Gasteiger partial charge is 0.207 e. The lowest BCUT2D eigenvalue weighted by Crippen LogP contribution is -2.32. The van der Waals surface area contributed by atoms with E-state index in [4.69, 9.17) is 0 Å². The van der Waals surface area contributed by atoms with E-state index < -0.39 is 45.1 Å². The third kappa shape index (κ3) is 4.39. The summed E-state index contributed by atoms with van der Waals surface area (Å²) >= 11 is 0. The Morgan fingerprint density at radius 1 is 0.867 bits per heavy atom. The Labute approximate surface area is 169 Å². The molecule has 162 valence electrons. The lowest BCUT2D eigenvalue weighted by atomic mass is 9.99. The van der Waals surface area contributed by atoms with Crippen LogP contribution in [0.15, 0.2) is 59.0 Å². The van der Waals surface area contributed by atoms with Crippen LogP contribution in [0, 0.1) is 6.92 Å². The van der Waals surface area contributed by atoms with Gasteiger partial charge in [0, 0.05) is 6.54 Å². The molecule has 1 aliphatic heterocycles. The highest BCUT2D eigenvalue weighted by Crippen LogP contribution is 2.41. The summed E-state index contributed by atoms with van der Waals surface area (Å²) in [5.41, 5.74) is -2.06. The highest BCUT2D eigenvalue weighted by atomic mass is 32.2. The average molecular weight is 449 g/mol. The van der Waals surface area contributed by atoms with Gasteiger partial charge in [-0.1, -0.05) is 29.3 Å². The molecule has 2 aromatic rings. The minimum atomic E-state index is -5.02. The van der Waals surface area contributed by atoms with Crippen molar-refractivity contribution in [2.75, 3.05) is 6.54 Å². The molecule has 0 saturated heterocycles. The van der Waals surface area contributed by atoms with Crippen LogP contribution in [-0.2, 0) is 22.4 Å². The number of aryl methyl sites for hydroxylation is 1. The second kappa shape index (κ2) is 7.42. The van der Waals surface area contributed by atoms with Gasteiger partial charge in [0.05, 0.1) is 22.1 Å². The molecule has 1 unspecified atom stereocenters. The van der Waals surface area contributed by atoms with Gasteiger partial charge >= 0.3 is 12.4 Å². The highest BCUT2D eigenvalue weighted by Gasteiger charge is 2.40. The molecular formula is C20H17F6NO2S. The van der Waals surface area contributed by atoms with Crippen molar-refractivity contribution >= 4 is 10.0 Å². The number of hydrogen-bond acceptors (Lipinski definition) is 2. The van der Waals surface area contributed by atoms with E-state index in [1.165, 1.54) is 18.2 Å². The molecule has 0 bridgehead atoms. The number of rotatable bonds is 3. The first kappa shape index (κ1) is 22.4. The van der Waals surface area contributed by atoms with Gasteiger partial charge in [-0.25, -0.2) is 8.42 Å². The number of benzene rings is 2. The summed E-state index contributed by atoms with van der Waals surface area (Å²) < 4.78 is 106. The molecule has 1 aliphatic rings. The molecule has 0 amide bonds. The fourth-order valence-corrected chi connectivity index (χ4v) is 4.85. The Kier molecular flexibility index (Phi) is 5.53. The minimum Gasteiger partial charge on any atom is -0.207 e. The molecule has 0 saturated carbocycles. The molecule has 0 spiro atoms. The van der Waals surface area contributed by atoms with Crippen LogP contribution in [-0.4, -0.2) is 19.3 Å². The largest absolute Gasteiger partial charge is 0.416 e. The first-order chi connectivity index (χ1) is 13.7. The summed E-state index contributed by atoms with van der Waals surface area (Å²) in [5.74, 6) is 0. The van der Waals surface area contributed by atoms with Gasteiger partial charge < -0.3 is 0 Å². The molecular weight excluding hydrogens is 432 g/mol. The number of alkyl halides is 6. The van der Waals surface area contributed by atoms with Gasteiger partial charge in [-0.3, -0.25) is 0 Å². The van der Waals surface area contributed by atoms with Crippen molar-refractivity contribution in [2.45, 2.75) is 37.1 Å². The van der Waals surface area contributed by atoms with Gasteiger partial charge in [-0.2, -0.15) is 30.6 Å². The van der Waals surface area contributed by atoms with Crippen molar-refractivity contribution < 1.29 is 34.8 Å². The highest BCUT2D eigenvalue weighted by molar-refractivity contribution is 7.89. The van der Waals surface area contributed by atoms with Gasteiger partial charge in [0.25, 0.3) is 0 Å². The average Bonchev–Trinajstić information content (AvgIpc) is 3.03. The molecule has 0 aliphatic carbocycles. The Morgan fingerprint density at radius 3 is 1.83 bits per heavy atom. The predicted molar refractivity (Wildman–Crippen MR) is 98.0 cm³/mol. The van der Waals surface area contributed by atoms with Gasteiger partial charge in [-0.15, -0.1) is 0 Å². The van der Waals surface area contributed by atoms with Crippen molar-refractivity contribution in [2.24, 2.45) is 0 Å². The van der Waals surface area contributed by atoms with Crippen molar-refractivity contribution in [3.63, 3.8) is 0 Å². The van der Waals surface area contributed by atoms with E-state index in [2.05, 4.69) is 0 Å². The van der Waals surface area contributed by atoms with Crippen LogP contribution in [0.5, 0.6) is 0 Å². The van der Waals surface area contributed by atoms with E-state index in [9.17, 15) is 34.8 Å². The lowest BCUT2D eigenvalue weighted by molar-refractivity contribution is -0.143. The summed E-state index contributed by atoms with van der Waals surface area (Å²) in [6.07, 6.45) is -8.68. The summed E-state index contributed by atoms with van der Waals surface area (Å²) in [4.78, 5) is -0.0933. The molecule has 1 heterocycles. The van der Waals surface area contributed by atoms with Crippen LogP contribution in [0.1, 0.15) is 35.2 Å². The molecule has 3 rings (SSSR count). The topological polar surface area (TPSA) is 37.4 Å². The van der Waals surface area contributed by atoms with Crippen LogP contribution in [0.3, 0.4) is 0 Å². The lowest BCUT2D eigenvalue weighted by Gasteiger charge is -2.26. The minimum absolute atomic E-state index is 0.0217. The van der Waals surface area contributed by atoms with E-state index >= 15 is 0 Å². The third-order valence-electron chi connectivity index (χ3n) is 4.74. The molecule has 0 aromatic heterocycles. The molecule has 0 radical (unpaired) electrons. The van der Waals surface area contributed by atoms with E-state index in [1.807, 2.05) is 0 Å². The van der Waals surface area contributed by atoms with Gasteiger partial charge in [0.15, 0.2) is 0 Å². The predicted octanol–water partition coefficient (Wildman–Crippen LogP) is 5.72. The molecule has 1 atom stereocenters. The maximum Gasteiger partial charge on any atom is 0.416 e. The summed E-state index contributed by atoms with van der Waals surface area (Å²) in [5, 5.41) is 0. The van der Waals surface area contributed by atoms with Gasteiger partial charge in [-0.05, 0) is 49.7 Å². The zero-order valence-electron chi connectivity index (χ0n) is 15.8. The molecule has 0 fully saturated rings. The Morgan fingerprint density at radius 2 is 1.37 bits per heavy atom. The molecule has 30 heavy (non-hydrogen) atoms. The summed E-state index contributed by atoms with van der Waals surface area (Å²) in [6.45, 7) is 3.18. The number of sulfonamides is 1. The molecule has 2 aromatic carbocycles. The fourth-order valence-electron chi connectivity index (χ4n) is 3.24. The summed E-state index contributed by atoms with van der Waals surface area (Å²) in [6, 6.07) is 5.67. The normalized spacial score (nSPS) is 18.5. The van der Waals surface area contributed by atoms with Gasteiger partial charge in [0.1, 0.15) is 0 Å². The fraction of sp³-hybridized carbons (Fsp3) is 0.300. The second-order valence-electron chi connectivity index (χ2n) is 7.16. The quantitative estimate of drug-likeness (QED) is 0.444. The zero-order valence-corrected chi connectivity index (χ0v) is 16.7. The summed E-state index contributed by atoms with van der Waals surface area (Å²) in [7, 11) is -4.16. The van der Waals surface area contributed by atoms with E-state index in [1.54, 1.807) is 26.0 Å². The van der Waals surface area contributed by atoms with Crippen molar-refractivity contribution in [3.8, 4) is 0 Å². The van der Waals surface area contributed by atoms with E-state index in [0.717, 1.165) is 9.87 Å². The van der Waals surface area contributed by atoms with Crippen LogP contribution in [0.2, 0.25) is 0 Å². The van der Waals surface area contributed by atoms with Crippen molar-refractivity contribution in [1.82, 2.24) is 4.31 Å². The number of hydrogen-bond donors (Lipinski definition) is 0. The van der Waals surface area contributed by atoms with Crippen LogP contribution < -0.4 is 0 Å². The Balaban J connectivity index is 2.14. The second-order valence-corrected chi connectivity index (χ2v) is 9.05. The maximum atomic E-state index is 13.2. The van der Waals surface area contributed by atoms with Crippen molar-refractivity contribution in [3.05, 3.63) is 76.4 Å².